The summed E-state index contributed by atoms with van der Waals surface area (Å²) in [6.07, 6.45) is 5.21. The summed E-state index contributed by atoms with van der Waals surface area (Å²) in [5.74, 6) is 0.243. The number of amides is 1. The molecule has 0 unspecified atom stereocenters. The zero-order valence-electron chi connectivity index (χ0n) is 21.9. The Labute approximate surface area is 227 Å². The molecule has 2 heterocycles. The van der Waals surface area contributed by atoms with E-state index in [2.05, 4.69) is 20.6 Å². The number of carbonyl (C=O) groups is 1. The molecule has 11 nitrogen and oxygen atoms in total. The lowest BCUT2D eigenvalue weighted by molar-refractivity contribution is -0.122. The van der Waals surface area contributed by atoms with Gasteiger partial charge in [0.05, 0.1) is 22.8 Å². The van der Waals surface area contributed by atoms with Crippen LogP contribution in [0, 0.1) is 5.92 Å². The standard InChI is InChI=1S/C27H32N8O3S/c1-3-35-17-29-23-25(32-27(33-26(23)35)31-22-12-8-7-11-21(22)24(28)36)30-18-13-15-20(16-14-18)39(37,38)34(2)19-9-5-4-6-10-19/h4-6,9-10,13-17,21-22H,3,7-8,11-12H2,1-2H3,(H2,28,36)(H2,30,31,32,33)/t21-,22+/m0/s1. The van der Waals surface area contributed by atoms with Crippen molar-refractivity contribution in [3.05, 3.63) is 60.9 Å². The third-order valence-corrected chi connectivity index (χ3v) is 8.95. The van der Waals surface area contributed by atoms with Gasteiger partial charge in [0.25, 0.3) is 10.0 Å². The number of hydrogen-bond acceptors (Lipinski definition) is 8. The Hall–Kier alpha value is -4.19. The zero-order valence-corrected chi connectivity index (χ0v) is 22.7. The van der Waals surface area contributed by atoms with E-state index in [4.69, 9.17) is 10.7 Å². The second-order valence-electron chi connectivity index (χ2n) is 9.60. The summed E-state index contributed by atoms with van der Waals surface area (Å²) in [5, 5.41) is 6.61. The molecule has 2 atom stereocenters. The number of aromatic nitrogens is 4. The lowest BCUT2D eigenvalue weighted by atomic mass is 9.84. The highest BCUT2D eigenvalue weighted by Crippen LogP contribution is 2.30. The predicted octanol–water partition coefficient (Wildman–Crippen LogP) is 3.87. The average molecular weight is 549 g/mol. The fourth-order valence-corrected chi connectivity index (χ4v) is 6.11. The fourth-order valence-electron chi connectivity index (χ4n) is 4.92. The summed E-state index contributed by atoms with van der Waals surface area (Å²) in [4.78, 5) is 26.1. The van der Waals surface area contributed by atoms with Crippen LogP contribution in [0.1, 0.15) is 32.6 Å². The van der Waals surface area contributed by atoms with Crippen molar-refractivity contribution in [3.63, 3.8) is 0 Å². The van der Waals surface area contributed by atoms with Gasteiger partial charge in [-0.15, -0.1) is 0 Å². The number of hydrogen-bond donors (Lipinski definition) is 3. The minimum absolute atomic E-state index is 0.148. The first kappa shape index (κ1) is 26.4. The minimum Gasteiger partial charge on any atom is -0.369 e. The average Bonchev–Trinajstić information content (AvgIpc) is 3.37. The van der Waals surface area contributed by atoms with E-state index in [1.165, 1.54) is 11.4 Å². The Morgan fingerprint density at radius 3 is 2.49 bits per heavy atom. The maximum atomic E-state index is 13.2. The van der Waals surface area contributed by atoms with Gasteiger partial charge in [-0.1, -0.05) is 31.0 Å². The molecule has 4 aromatic rings. The second-order valence-corrected chi connectivity index (χ2v) is 11.6. The first-order valence-corrected chi connectivity index (χ1v) is 14.4. The van der Waals surface area contributed by atoms with Crippen molar-refractivity contribution in [2.45, 2.75) is 50.1 Å². The van der Waals surface area contributed by atoms with E-state index in [1.54, 1.807) is 54.9 Å². The molecule has 1 aliphatic rings. The van der Waals surface area contributed by atoms with Gasteiger partial charge in [-0.2, -0.15) is 9.97 Å². The van der Waals surface area contributed by atoms with Gasteiger partial charge in [0, 0.05) is 25.3 Å². The molecule has 0 radical (unpaired) electrons. The van der Waals surface area contributed by atoms with Crippen LogP contribution in [0.5, 0.6) is 0 Å². The van der Waals surface area contributed by atoms with E-state index >= 15 is 0 Å². The molecule has 0 aliphatic heterocycles. The Balaban J connectivity index is 1.43. The molecule has 1 saturated carbocycles. The summed E-state index contributed by atoms with van der Waals surface area (Å²) < 4.78 is 29.5. The molecule has 204 valence electrons. The van der Waals surface area contributed by atoms with E-state index in [0.29, 0.717) is 40.8 Å². The van der Waals surface area contributed by atoms with E-state index in [-0.39, 0.29) is 22.8 Å². The molecule has 12 heteroatoms. The molecule has 0 spiro atoms. The van der Waals surface area contributed by atoms with Gasteiger partial charge in [0.1, 0.15) is 0 Å². The minimum atomic E-state index is -3.74. The van der Waals surface area contributed by atoms with Crippen LogP contribution in [0.3, 0.4) is 0 Å². The number of fused-ring (bicyclic) bond motifs is 1. The van der Waals surface area contributed by atoms with E-state index in [9.17, 15) is 13.2 Å². The van der Waals surface area contributed by atoms with Gasteiger partial charge >= 0.3 is 0 Å². The number of sulfonamides is 1. The number of nitrogens with two attached hydrogens (primary N) is 1. The summed E-state index contributed by atoms with van der Waals surface area (Å²) >= 11 is 0. The molecule has 2 aromatic heterocycles. The molecule has 1 fully saturated rings. The third-order valence-electron chi connectivity index (χ3n) is 7.15. The number of anilines is 4. The molecule has 2 aromatic carbocycles. The molecule has 39 heavy (non-hydrogen) atoms. The maximum absolute atomic E-state index is 13.2. The SMILES string of the molecule is CCn1cnc2c(Nc3ccc(S(=O)(=O)N(C)c4ccccc4)cc3)nc(N[C@@H]3CCCC[C@@H]3C(N)=O)nc21. The quantitative estimate of drug-likeness (QED) is 0.285. The van der Waals surface area contributed by atoms with Gasteiger partial charge in [0.2, 0.25) is 11.9 Å². The Morgan fingerprint density at radius 1 is 1.08 bits per heavy atom. The summed E-state index contributed by atoms with van der Waals surface area (Å²) in [6, 6.07) is 15.3. The van der Waals surface area contributed by atoms with Crippen molar-refractivity contribution in [2.24, 2.45) is 11.7 Å². The van der Waals surface area contributed by atoms with Gasteiger partial charge < -0.3 is 20.9 Å². The van der Waals surface area contributed by atoms with E-state index < -0.39 is 10.0 Å². The number of primary amides is 1. The smallest absolute Gasteiger partial charge is 0.264 e. The summed E-state index contributed by atoms with van der Waals surface area (Å²) in [5.41, 5.74) is 8.11. The van der Waals surface area contributed by atoms with Crippen LogP contribution >= 0.6 is 0 Å². The molecule has 5 rings (SSSR count). The van der Waals surface area contributed by atoms with Gasteiger partial charge in [-0.3, -0.25) is 9.10 Å². The topological polar surface area (TPSA) is 148 Å². The van der Waals surface area contributed by atoms with Crippen LogP contribution < -0.4 is 20.7 Å². The number of nitrogens with zero attached hydrogens (tertiary/aromatic N) is 5. The van der Waals surface area contributed by atoms with Crippen LogP contribution in [-0.4, -0.2) is 46.9 Å². The van der Waals surface area contributed by atoms with Crippen molar-refractivity contribution >= 4 is 50.2 Å². The summed E-state index contributed by atoms with van der Waals surface area (Å²) in [7, 11) is -2.21. The van der Waals surface area contributed by atoms with Crippen LogP contribution in [0.2, 0.25) is 0 Å². The van der Waals surface area contributed by atoms with E-state index in [1.807, 2.05) is 17.6 Å². The molecule has 0 bridgehead atoms. The number of nitrogens with one attached hydrogen (secondary N) is 2. The van der Waals surface area contributed by atoms with Crippen molar-refractivity contribution in [1.82, 2.24) is 19.5 Å². The zero-order chi connectivity index (χ0) is 27.6. The van der Waals surface area contributed by atoms with E-state index in [0.717, 1.165) is 25.7 Å². The van der Waals surface area contributed by atoms with Gasteiger partial charge in [0.15, 0.2) is 17.0 Å². The van der Waals surface area contributed by atoms with Crippen molar-refractivity contribution in [2.75, 3.05) is 22.0 Å². The molecule has 4 N–H and O–H groups in total. The van der Waals surface area contributed by atoms with Crippen LogP contribution in [-0.2, 0) is 21.4 Å². The number of para-hydroxylation sites is 1. The number of rotatable bonds is 9. The first-order chi connectivity index (χ1) is 18.8. The van der Waals surface area contributed by atoms with Crippen LogP contribution in [0.15, 0.2) is 65.8 Å². The molecule has 1 aliphatic carbocycles. The monoisotopic (exact) mass is 548 g/mol. The summed E-state index contributed by atoms with van der Waals surface area (Å²) in [6.45, 7) is 2.67. The highest BCUT2D eigenvalue weighted by molar-refractivity contribution is 7.92. The largest absolute Gasteiger partial charge is 0.369 e. The second kappa shape index (κ2) is 10.9. The number of aryl methyl sites for hydroxylation is 1. The fraction of sp³-hybridized carbons (Fsp3) is 0.333. The van der Waals surface area contributed by atoms with Crippen molar-refractivity contribution in [3.8, 4) is 0 Å². The Morgan fingerprint density at radius 2 is 1.79 bits per heavy atom. The maximum Gasteiger partial charge on any atom is 0.264 e. The number of benzene rings is 2. The van der Waals surface area contributed by atoms with Gasteiger partial charge in [-0.05, 0) is 56.2 Å². The Bertz CT molecular complexity index is 1570. The lowest BCUT2D eigenvalue weighted by Gasteiger charge is -2.30. The molecule has 1 amide bonds. The normalized spacial score (nSPS) is 17.6. The van der Waals surface area contributed by atoms with Gasteiger partial charge in [-0.25, -0.2) is 13.4 Å². The lowest BCUT2D eigenvalue weighted by Crippen LogP contribution is -2.40. The van der Waals surface area contributed by atoms with Crippen molar-refractivity contribution in [1.29, 1.82) is 0 Å². The highest BCUT2D eigenvalue weighted by Gasteiger charge is 2.30. The molecule has 0 saturated heterocycles. The first-order valence-electron chi connectivity index (χ1n) is 13.0. The third kappa shape index (κ3) is 5.37. The van der Waals surface area contributed by atoms with Crippen molar-refractivity contribution < 1.29 is 13.2 Å². The number of imidazole rings is 1. The number of carbonyl (C=O) groups excluding carboxylic acids is 1. The highest BCUT2D eigenvalue weighted by atomic mass is 32.2. The van der Waals surface area contributed by atoms with Crippen LogP contribution in [0.4, 0.5) is 23.1 Å². The Kier molecular flexibility index (Phi) is 7.38. The molecular weight excluding hydrogens is 516 g/mol. The van der Waals surface area contributed by atoms with Crippen LogP contribution in [0.25, 0.3) is 11.2 Å². The molecular formula is C27H32N8O3S. The predicted molar refractivity (Wildman–Crippen MR) is 151 cm³/mol.